The lowest BCUT2D eigenvalue weighted by Crippen LogP contribution is -2.39. The zero-order valence-corrected chi connectivity index (χ0v) is 23.4. The van der Waals surface area contributed by atoms with Gasteiger partial charge in [-0.2, -0.15) is 0 Å². The third-order valence-electron chi connectivity index (χ3n) is 6.28. The van der Waals surface area contributed by atoms with Gasteiger partial charge in [-0.05, 0) is 66.2 Å². The number of anilines is 1. The Bertz CT molecular complexity index is 1520. The molecule has 0 fully saturated rings. The number of nitrogens with zero attached hydrogens (tertiary/aromatic N) is 3. The van der Waals surface area contributed by atoms with Crippen LogP contribution in [0.25, 0.3) is 16.6 Å². The molecule has 1 atom stereocenters. The van der Waals surface area contributed by atoms with Crippen molar-refractivity contribution in [2.45, 2.75) is 19.9 Å². The van der Waals surface area contributed by atoms with Crippen molar-refractivity contribution in [1.29, 1.82) is 0 Å². The van der Waals surface area contributed by atoms with Gasteiger partial charge in [0.1, 0.15) is 23.1 Å². The average molecular weight is 581 g/mol. The number of benzene rings is 3. The molecule has 1 unspecified atom stereocenters. The minimum absolute atomic E-state index is 0.278. The van der Waals surface area contributed by atoms with Crippen LogP contribution in [0, 0.1) is 0 Å². The summed E-state index contributed by atoms with van der Waals surface area (Å²) < 4.78 is 18.2. The number of fused-ring (bicyclic) bond motifs is 1. The summed E-state index contributed by atoms with van der Waals surface area (Å²) in [5.74, 6) is 2.06. The highest BCUT2D eigenvalue weighted by Crippen LogP contribution is 2.37. The number of aromatic nitrogens is 2. The van der Waals surface area contributed by atoms with E-state index in [-0.39, 0.29) is 11.6 Å². The highest BCUT2D eigenvalue weighted by atomic mass is 79.9. The molecule has 10 heteroatoms. The Kier molecular flexibility index (Phi) is 8.21. The minimum atomic E-state index is -0.584. The van der Waals surface area contributed by atoms with E-state index in [1.165, 1.54) is 11.7 Å². The van der Waals surface area contributed by atoms with E-state index in [1.807, 2.05) is 19.9 Å². The number of para-hydroxylation sites is 1. The molecular weight excluding hydrogens is 552 g/mol. The number of carbonyl (C=O) groups excluding carboxylic acids is 1. The Balaban J connectivity index is 1.86. The number of ether oxygens (including phenoxy) is 3. The maximum atomic E-state index is 13.9. The van der Waals surface area contributed by atoms with E-state index in [9.17, 15) is 9.59 Å². The molecule has 0 saturated heterocycles. The van der Waals surface area contributed by atoms with Crippen molar-refractivity contribution in [3.8, 4) is 22.9 Å². The first-order valence-electron chi connectivity index (χ1n) is 12.0. The molecule has 1 aromatic heterocycles. The Hall–Kier alpha value is -4.05. The largest absolute Gasteiger partial charge is 0.497 e. The van der Waals surface area contributed by atoms with Gasteiger partial charge in [-0.15, -0.1) is 0 Å². The fraction of sp³-hybridized carbons (Fsp3) is 0.250. The van der Waals surface area contributed by atoms with Crippen LogP contribution in [0.2, 0.25) is 0 Å². The monoisotopic (exact) mass is 580 g/mol. The lowest BCUT2D eigenvalue weighted by Gasteiger charge is -2.30. The van der Waals surface area contributed by atoms with Crippen molar-refractivity contribution in [2.75, 3.05) is 33.2 Å². The Morgan fingerprint density at radius 2 is 1.71 bits per heavy atom. The maximum absolute atomic E-state index is 13.9. The number of carbonyl (C=O) groups is 1. The van der Waals surface area contributed by atoms with Crippen LogP contribution in [0.3, 0.4) is 0 Å². The molecule has 4 rings (SSSR count). The lowest BCUT2D eigenvalue weighted by molar-refractivity contribution is 0.193. The molecule has 0 saturated carbocycles. The summed E-state index contributed by atoms with van der Waals surface area (Å²) in [5.41, 5.74) is 1.36. The normalized spacial score (nSPS) is 11.6. The molecule has 38 heavy (non-hydrogen) atoms. The summed E-state index contributed by atoms with van der Waals surface area (Å²) >= 11 is 3.59. The Morgan fingerprint density at radius 3 is 2.34 bits per heavy atom. The molecule has 0 aliphatic rings. The average Bonchev–Trinajstić information content (AvgIpc) is 2.94. The van der Waals surface area contributed by atoms with Gasteiger partial charge >= 0.3 is 6.03 Å². The van der Waals surface area contributed by atoms with Crippen molar-refractivity contribution >= 4 is 38.6 Å². The summed E-state index contributed by atoms with van der Waals surface area (Å²) in [6, 6.07) is 16.7. The predicted molar refractivity (Wildman–Crippen MR) is 151 cm³/mol. The number of hydrogen-bond acceptors (Lipinski definition) is 6. The second-order valence-corrected chi connectivity index (χ2v) is 9.20. The van der Waals surface area contributed by atoms with Crippen LogP contribution in [0.5, 0.6) is 17.2 Å². The van der Waals surface area contributed by atoms with Crippen LogP contribution in [0.1, 0.15) is 25.7 Å². The van der Waals surface area contributed by atoms with Crippen LogP contribution >= 0.6 is 15.9 Å². The number of hydrogen-bond donors (Lipinski definition) is 1. The summed E-state index contributed by atoms with van der Waals surface area (Å²) in [6.07, 6.45) is 0. The predicted octanol–water partition coefficient (Wildman–Crippen LogP) is 5.79. The quantitative estimate of drug-likeness (QED) is 0.283. The zero-order chi connectivity index (χ0) is 27.4. The van der Waals surface area contributed by atoms with Gasteiger partial charge in [0.25, 0.3) is 5.56 Å². The summed E-state index contributed by atoms with van der Waals surface area (Å²) in [7, 11) is 4.66. The van der Waals surface area contributed by atoms with Gasteiger partial charge in [-0.3, -0.25) is 9.36 Å². The van der Waals surface area contributed by atoms with Crippen molar-refractivity contribution in [1.82, 2.24) is 14.5 Å². The van der Waals surface area contributed by atoms with Crippen molar-refractivity contribution < 1.29 is 19.0 Å². The molecule has 1 heterocycles. The lowest BCUT2D eigenvalue weighted by atomic mass is 10.1. The van der Waals surface area contributed by atoms with E-state index in [0.717, 1.165) is 0 Å². The molecule has 4 aromatic rings. The molecule has 0 radical (unpaired) electrons. The van der Waals surface area contributed by atoms with Crippen molar-refractivity contribution in [2.24, 2.45) is 0 Å². The Labute approximate surface area is 229 Å². The fourth-order valence-corrected chi connectivity index (χ4v) is 4.82. The standard InChI is InChI=1S/C28H29BrN4O5/c1-6-32(28(35)30-18-11-13-19(36-3)14-12-18)17(2)26-31-22-10-8-7-9-21(22)27(34)33(26)23-15-20(37-4)16-24(38-5)25(23)29/h7-17H,6H2,1-5H3,(H,30,35). The molecule has 2 amide bonds. The molecule has 9 nitrogen and oxygen atoms in total. The third-order valence-corrected chi connectivity index (χ3v) is 7.07. The molecule has 3 aromatic carbocycles. The molecule has 0 aliphatic heterocycles. The molecular formula is C28H29BrN4O5. The van der Waals surface area contributed by atoms with E-state index in [0.29, 0.717) is 56.4 Å². The molecule has 0 bridgehead atoms. The van der Waals surface area contributed by atoms with Crippen LogP contribution in [0.15, 0.2) is 69.9 Å². The van der Waals surface area contributed by atoms with Gasteiger partial charge < -0.3 is 24.4 Å². The number of rotatable bonds is 8. The Morgan fingerprint density at radius 1 is 1.03 bits per heavy atom. The molecule has 1 N–H and O–H groups in total. The first-order chi connectivity index (χ1) is 18.3. The van der Waals surface area contributed by atoms with Crippen molar-refractivity contribution in [3.63, 3.8) is 0 Å². The second-order valence-electron chi connectivity index (χ2n) is 8.41. The molecule has 0 spiro atoms. The van der Waals surface area contributed by atoms with Gasteiger partial charge in [0, 0.05) is 24.4 Å². The number of methoxy groups -OCH3 is 3. The van der Waals surface area contributed by atoms with E-state index in [2.05, 4.69) is 21.2 Å². The SMILES string of the molecule is CCN(C(=O)Nc1ccc(OC)cc1)C(C)c1nc2ccccc2c(=O)n1-c1cc(OC)cc(OC)c1Br. The summed E-state index contributed by atoms with van der Waals surface area (Å²) in [5, 5.41) is 3.37. The van der Waals surface area contributed by atoms with E-state index in [4.69, 9.17) is 19.2 Å². The van der Waals surface area contributed by atoms with Gasteiger partial charge in [0.15, 0.2) is 0 Å². The fourth-order valence-electron chi connectivity index (χ4n) is 4.25. The number of amides is 2. The number of nitrogens with one attached hydrogen (secondary N) is 1. The minimum Gasteiger partial charge on any atom is -0.497 e. The van der Waals surface area contributed by atoms with Crippen LogP contribution in [0.4, 0.5) is 10.5 Å². The maximum Gasteiger partial charge on any atom is 0.322 e. The van der Waals surface area contributed by atoms with E-state index >= 15 is 0 Å². The molecule has 198 valence electrons. The van der Waals surface area contributed by atoms with Gasteiger partial charge in [0.05, 0.1) is 48.4 Å². The summed E-state index contributed by atoms with van der Waals surface area (Å²) in [4.78, 5) is 33.8. The zero-order valence-electron chi connectivity index (χ0n) is 21.8. The summed E-state index contributed by atoms with van der Waals surface area (Å²) in [6.45, 7) is 4.09. The van der Waals surface area contributed by atoms with Gasteiger partial charge in [-0.1, -0.05) is 12.1 Å². The number of urea groups is 1. The highest BCUT2D eigenvalue weighted by Gasteiger charge is 2.27. The topological polar surface area (TPSA) is 94.9 Å². The van der Waals surface area contributed by atoms with E-state index in [1.54, 1.807) is 73.7 Å². The van der Waals surface area contributed by atoms with Crippen molar-refractivity contribution in [3.05, 3.63) is 81.3 Å². The first kappa shape index (κ1) is 27.0. The van der Waals surface area contributed by atoms with Gasteiger partial charge in [-0.25, -0.2) is 9.78 Å². The first-order valence-corrected chi connectivity index (χ1v) is 12.8. The van der Waals surface area contributed by atoms with Gasteiger partial charge in [0.2, 0.25) is 0 Å². The third kappa shape index (κ3) is 5.17. The number of halogens is 1. The van der Waals surface area contributed by atoms with Crippen LogP contribution < -0.4 is 25.1 Å². The van der Waals surface area contributed by atoms with E-state index < -0.39 is 6.04 Å². The highest BCUT2D eigenvalue weighted by molar-refractivity contribution is 9.10. The second kappa shape index (κ2) is 11.6. The van der Waals surface area contributed by atoms with Crippen LogP contribution in [-0.4, -0.2) is 48.4 Å². The molecule has 0 aliphatic carbocycles. The smallest absolute Gasteiger partial charge is 0.322 e. The van der Waals surface area contributed by atoms with Crippen LogP contribution in [-0.2, 0) is 0 Å².